The number of halogens is 4. The molecule has 2 rings (SSSR count). The SMILES string of the molecule is Fc1cc(CNc2cncnc2)cc(C(F)(F)F)c1. The molecule has 0 unspecified atom stereocenters. The molecule has 0 bridgehead atoms. The first kappa shape index (κ1) is 13.3. The van der Waals surface area contributed by atoms with Gasteiger partial charge in [-0.2, -0.15) is 13.2 Å². The third-order valence-electron chi connectivity index (χ3n) is 2.34. The van der Waals surface area contributed by atoms with Crippen LogP contribution >= 0.6 is 0 Å². The van der Waals surface area contributed by atoms with Crippen LogP contribution in [0.1, 0.15) is 11.1 Å². The molecule has 2 aromatic rings. The van der Waals surface area contributed by atoms with Crippen LogP contribution in [-0.4, -0.2) is 9.97 Å². The van der Waals surface area contributed by atoms with Gasteiger partial charge in [-0.15, -0.1) is 0 Å². The molecule has 0 spiro atoms. The lowest BCUT2D eigenvalue weighted by molar-refractivity contribution is -0.137. The summed E-state index contributed by atoms with van der Waals surface area (Å²) in [6.45, 7) is 0.0498. The van der Waals surface area contributed by atoms with Gasteiger partial charge in [0.1, 0.15) is 12.1 Å². The monoisotopic (exact) mass is 271 g/mol. The Kier molecular flexibility index (Phi) is 3.64. The maximum atomic E-state index is 13.1. The first-order chi connectivity index (χ1) is 8.95. The average molecular weight is 271 g/mol. The first-order valence-electron chi connectivity index (χ1n) is 5.31. The molecule has 1 aromatic carbocycles. The highest BCUT2D eigenvalue weighted by atomic mass is 19.4. The van der Waals surface area contributed by atoms with Crippen molar-refractivity contribution in [3.8, 4) is 0 Å². The normalized spacial score (nSPS) is 11.4. The largest absolute Gasteiger partial charge is 0.416 e. The van der Waals surface area contributed by atoms with Crippen LogP contribution in [0.25, 0.3) is 0 Å². The number of benzene rings is 1. The maximum absolute atomic E-state index is 13.1. The van der Waals surface area contributed by atoms with Crippen molar-refractivity contribution in [2.45, 2.75) is 12.7 Å². The molecular formula is C12H9F4N3. The van der Waals surface area contributed by atoms with Crippen LogP contribution in [0.2, 0.25) is 0 Å². The summed E-state index contributed by atoms with van der Waals surface area (Å²) in [5.74, 6) is -0.920. The van der Waals surface area contributed by atoms with E-state index < -0.39 is 17.6 Å². The number of hydrogen-bond donors (Lipinski definition) is 1. The van der Waals surface area contributed by atoms with Crippen LogP contribution in [-0.2, 0) is 12.7 Å². The third-order valence-corrected chi connectivity index (χ3v) is 2.34. The summed E-state index contributed by atoms with van der Waals surface area (Å²) in [5.41, 5.74) is -0.273. The Morgan fingerprint density at radius 3 is 2.37 bits per heavy atom. The fourth-order valence-electron chi connectivity index (χ4n) is 1.51. The Bertz CT molecular complexity index is 555. The summed E-state index contributed by atoms with van der Waals surface area (Å²) in [6, 6.07) is 2.42. The van der Waals surface area contributed by atoms with Gasteiger partial charge in [-0.25, -0.2) is 14.4 Å². The van der Waals surface area contributed by atoms with Crippen LogP contribution in [0.4, 0.5) is 23.2 Å². The molecule has 19 heavy (non-hydrogen) atoms. The number of rotatable bonds is 3. The molecule has 100 valence electrons. The zero-order valence-electron chi connectivity index (χ0n) is 9.58. The van der Waals surface area contributed by atoms with E-state index in [4.69, 9.17) is 0 Å². The molecular weight excluding hydrogens is 262 g/mol. The highest BCUT2D eigenvalue weighted by molar-refractivity contribution is 5.39. The van der Waals surface area contributed by atoms with Crippen LogP contribution < -0.4 is 5.32 Å². The molecule has 0 aliphatic heterocycles. The maximum Gasteiger partial charge on any atom is 0.416 e. The number of anilines is 1. The fraction of sp³-hybridized carbons (Fsp3) is 0.167. The molecule has 3 nitrogen and oxygen atoms in total. The van der Waals surface area contributed by atoms with Crippen molar-refractivity contribution >= 4 is 5.69 Å². The minimum absolute atomic E-state index is 0.0498. The minimum atomic E-state index is -4.56. The van der Waals surface area contributed by atoms with Crippen molar-refractivity contribution in [1.82, 2.24) is 9.97 Å². The Morgan fingerprint density at radius 1 is 1.05 bits per heavy atom. The average Bonchev–Trinajstić information content (AvgIpc) is 2.36. The highest BCUT2D eigenvalue weighted by Crippen LogP contribution is 2.30. The van der Waals surface area contributed by atoms with Gasteiger partial charge >= 0.3 is 6.18 Å². The quantitative estimate of drug-likeness (QED) is 0.871. The van der Waals surface area contributed by atoms with Crippen LogP contribution in [0.5, 0.6) is 0 Å². The van der Waals surface area contributed by atoms with Gasteiger partial charge in [0.05, 0.1) is 23.6 Å². The fourth-order valence-corrected chi connectivity index (χ4v) is 1.51. The van der Waals surface area contributed by atoms with Gasteiger partial charge < -0.3 is 5.32 Å². The number of nitrogens with one attached hydrogen (secondary N) is 1. The molecule has 7 heteroatoms. The summed E-state index contributed by atoms with van der Waals surface area (Å²) in [4.78, 5) is 7.49. The number of nitrogens with zero attached hydrogens (tertiary/aromatic N) is 2. The molecule has 1 aromatic heterocycles. The molecule has 0 amide bonds. The molecule has 0 atom stereocenters. The molecule has 1 heterocycles. The first-order valence-corrected chi connectivity index (χ1v) is 5.31. The number of hydrogen-bond acceptors (Lipinski definition) is 3. The zero-order chi connectivity index (χ0) is 13.9. The summed E-state index contributed by atoms with van der Waals surface area (Å²) < 4.78 is 50.6. The van der Waals surface area contributed by atoms with E-state index in [0.29, 0.717) is 11.8 Å². The van der Waals surface area contributed by atoms with Gasteiger partial charge in [0, 0.05) is 6.54 Å². The Labute approximate surface area is 106 Å². The van der Waals surface area contributed by atoms with Crippen molar-refractivity contribution in [2.75, 3.05) is 5.32 Å². The van der Waals surface area contributed by atoms with E-state index in [-0.39, 0.29) is 12.1 Å². The Balaban J connectivity index is 2.15. The van der Waals surface area contributed by atoms with Crippen molar-refractivity contribution in [1.29, 1.82) is 0 Å². The lowest BCUT2D eigenvalue weighted by Crippen LogP contribution is -2.08. The van der Waals surface area contributed by atoms with Crippen molar-refractivity contribution in [3.63, 3.8) is 0 Å². The van der Waals surface area contributed by atoms with E-state index in [1.165, 1.54) is 18.7 Å². The predicted octanol–water partition coefficient (Wildman–Crippen LogP) is 3.25. The van der Waals surface area contributed by atoms with Crippen LogP contribution in [0.3, 0.4) is 0 Å². The lowest BCUT2D eigenvalue weighted by Gasteiger charge is -2.10. The van der Waals surface area contributed by atoms with Gasteiger partial charge in [-0.3, -0.25) is 0 Å². The van der Waals surface area contributed by atoms with E-state index in [2.05, 4.69) is 15.3 Å². The van der Waals surface area contributed by atoms with Crippen LogP contribution in [0.15, 0.2) is 36.9 Å². The summed E-state index contributed by atoms with van der Waals surface area (Å²) in [6.07, 6.45) is -0.296. The van der Waals surface area contributed by atoms with Crippen LogP contribution in [0, 0.1) is 5.82 Å². The Hall–Kier alpha value is -2.18. The molecule has 0 aliphatic carbocycles. The summed E-state index contributed by atoms with van der Waals surface area (Å²) in [7, 11) is 0. The molecule has 0 radical (unpaired) electrons. The number of alkyl halides is 3. The van der Waals surface area contributed by atoms with Crippen molar-refractivity contribution < 1.29 is 17.6 Å². The van der Waals surface area contributed by atoms with E-state index in [0.717, 1.165) is 12.1 Å². The standard InChI is InChI=1S/C12H9F4N3/c13-10-2-8(1-9(3-10)12(14,15)16)4-19-11-5-17-7-18-6-11/h1-3,5-7,19H,4H2. The number of aromatic nitrogens is 2. The van der Waals surface area contributed by atoms with Gasteiger partial charge in [-0.1, -0.05) is 0 Å². The third kappa shape index (κ3) is 3.64. The minimum Gasteiger partial charge on any atom is -0.378 e. The van der Waals surface area contributed by atoms with E-state index in [1.54, 1.807) is 0 Å². The highest BCUT2D eigenvalue weighted by Gasteiger charge is 2.31. The van der Waals surface area contributed by atoms with Gasteiger partial charge in [0.15, 0.2) is 0 Å². The predicted molar refractivity (Wildman–Crippen MR) is 60.8 cm³/mol. The molecule has 0 fully saturated rings. The van der Waals surface area contributed by atoms with Crippen molar-refractivity contribution in [2.24, 2.45) is 0 Å². The van der Waals surface area contributed by atoms with Crippen molar-refractivity contribution in [3.05, 3.63) is 53.9 Å². The van der Waals surface area contributed by atoms with Gasteiger partial charge in [0.25, 0.3) is 0 Å². The van der Waals surface area contributed by atoms with E-state index in [1.807, 2.05) is 0 Å². The smallest absolute Gasteiger partial charge is 0.378 e. The lowest BCUT2D eigenvalue weighted by atomic mass is 10.1. The second-order valence-corrected chi connectivity index (χ2v) is 3.83. The second kappa shape index (κ2) is 5.21. The Morgan fingerprint density at radius 2 is 1.74 bits per heavy atom. The zero-order valence-corrected chi connectivity index (χ0v) is 9.58. The van der Waals surface area contributed by atoms with E-state index in [9.17, 15) is 17.6 Å². The molecule has 0 aliphatic rings. The molecule has 0 saturated heterocycles. The second-order valence-electron chi connectivity index (χ2n) is 3.83. The van der Waals surface area contributed by atoms with Gasteiger partial charge in [0.2, 0.25) is 0 Å². The molecule has 0 saturated carbocycles. The van der Waals surface area contributed by atoms with Gasteiger partial charge in [-0.05, 0) is 23.8 Å². The van der Waals surface area contributed by atoms with E-state index >= 15 is 0 Å². The topological polar surface area (TPSA) is 37.8 Å². The summed E-state index contributed by atoms with van der Waals surface area (Å²) in [5, 5.41) is 2.81. The molecule has 1 N–H and O–H groups in total. The summed E-state index contributed by atoms with van der Waals surface area (Å²) >= 11 is 0.